The first kappa shape index (κ1) is 16.3. The predicted octanol–water partition coefficient (Wildman–Crippen LogP) is 3.10. The highest BCUT2D eigenvalue weighted by molar-refractivity contribution is 7.75. The minimum Gasteiger partial charge on any atom is -0.346 e. The third-order valence-electron chi connectivity index (χ3n) is 3.39. The van der Waals surface area contributed by atoms with Gasteiger partial charge in [-0.25, -0.2) is 9.07 Å². The van der Waals surface area contributed by atoms with Crippen molar-refractivity contribution in [2.75, 3.05) is 6.79 Å². The van der Waals surface area contributed by atoms with Crippen molar-refractivity contribution in [3.05, 3.63) is 10.1 Å². The maximum absolute atomic E-state index is 11.2. The Bertz CT molecular complexity index is 527. The lowest BCUT2D eigenvalue weighted by molar-refractivity contribution is -0.285. The molecule has 0 amide bonds. The Morgan fingerprint density at radius 3 is 2.20 bits per heavy atom. The number of rotatable bonds is 0. The summed E-state index contributed by atoms with van der Waals surface area (Å²) in [4.78, 5) is 1.58. The van der Waals surface area contributed by atoms with Crippen LogP contribution in [0.1, 0.15) is 0 Å². The van der Waals surface area contributed by atoms with E-state index >= 15 is 0 Å². The van der Waals surface area contributed by atoms with Gasteiger partial charge in [-0.05, 0) is 0 Å². The van der Waals surface area contributed by atoms with Gasteiger partial charge in [0.1, 0.15) is 22.0 Å². The highest BCUT2D eigenvalue weighted by Gasteiger charge is 2.84. The summed E-state index contributed by atoms with van der Waals surface area (Å²) < 4.78 is 23.8. The van der Waals surface area contributed by atoms with E-state index in [1.165, 1.54) is 0 Å². The third kappa shape index (κ3) is 1.70. The molecule has 0 aromatic rings. The van der Waals surface area contributed by atoms with E-state index in [9.17, 15) is 4.21 Å². The summed E-state index contributed by atoms with van der Waals surface area (Å²) in [7, 11) is 0. The molecule has 0 spiro atoms. The molecule has 2 aliphatic carbocycles. The standard InChI is InChI=1S/C8H4Cl6O5S/c9-2-3(10)7(12)5-4(6(2,11)8(7,13)14)16-1-17-20(15)19-18-5/h4-5H,1H2. The molecule has 12 heteroatoms. The second-order valence-corrected chi connectivity index (χ2v) is 8.29. The first-order chi connectivity index (χ1) is 9.19. The van der Waals surface area contributed by atoms with Crippen molar-refractivity contribution in [2.45, 2.75) is 26.3 Å². The topological polar surface area (TPSA) is 54.0 Å². The van der Waals surface area contributed by atoms with Crippen LogP contribution in [-0.4, -0.2) is 37.3 Å². The maximum atomic E-state index is 11.2. The van der Waals surface area contributed by atoms with Crippen molar-refractivity contribution in [3.8, 4) is 0 Å². The van der Waals surface area contributed by atoms with Gasteiger partial charge in [-0.15, -0.1) is 27.5 Å². The molecular weight excluding hydrogens is 421 g/mol. The zero-order valence-electron chi connectivity index (χ0n) is 9.08. The van der Waals surface area contributed by atoms with Crippen molar-refractivity contribution < 1.29 is 22.4 Å². The third-order valence-corrected chi connectivity index (χ3v) is 8.09. The summed E-state index contributed by atoms with van der Waals surface area (Å²) in [5.41, 5.74) is 0. The summed E-state index contributed by atoms with van der Waals surface area (Å²) in [6, 6.07) is 0. The molecule has 3 aliphatic rings. The minimum absolute atomic E-state index is 0.0487. The number of alkyl halides is 4. The summed E-state index contributed by atoms with van der Waals surface area (Å²) in [6.07, 6.45) is -2.16. The van der Waals surface area contributed by atoms with Gasteiger partial charge in [-0.1, -0.05) is 46.4 Å². The van der Waals surface area contributed by atoms with Gasteiger partial charge in [0.2, 0.25) is 0 Å². The Hall–Kier alpha value is 1.47. The molecule has 5 atom stereocenters. The molecule has 1 saturated carbocycles. The smallest absolute Gasteiger partial charge is 0.336 e. The van der Waals surface area contributed by atoms with Crippen LogP contribution in [0.4, 0.5) is 0 Å². The van der Waals surface area contributed by atoms with Gasteiger partial charge in [-0.3, -0.25) is 0 Å². The van der Waals surface area contributed by atoms with Gasteiger partial charge in [0, 0.05) is 0 Å². The minimum atomic E-state index is -2.18. The van der Waals surface area contributed by atoms with Gasteiger partial charge in [0.15, 0.2) is 11.1 Å². The van der Waals surface area contributed by atoms with Crippen LogP contribution in [0.5, 0.6) is 0 Å². The summed E-state index contributed by atoms with van der Waals surface area (Å²) in [5.74, 6) is 0. The average molecular weight is 425 g/mol. The monoisotopic (exact) mass is 422 g/mol. The Morgan fingerprint density at radius 1 is 1.05 bits per heavy atom. The molecule has 5 unspecified atom stereocenters. The molecule has 0 aromatic carbocycles. The summed E-state index contributed by atoms with van der Waals surface area (Å²) in [5, 5.41) is -0.131. The normalized spacial score (nSPS) is 50.8. The number of halogens is 6. The molecule has 0 aromatic heterocycles. The van der Waals surface area contributed by atoms with Crippen LogP contribution in [-0.2, 0) is 29.5 Å². The highest BCUT2D eigenvalue weighted by Crippen LogP contribution is 2.73. The first-order valence-electron chi connectivity index (χ1n) is 5.01. The molecule has 3 rings (SSSR count). The quantitative estimate of drug-likeness (QED) is 0.442. The van der Waals surface area contributed by atoms with Gasteiger partial charge >= 0.3 is 11.4 Å². The Balaban J connectivity index is 2.14. The average Bonchev–Trinajstić information content (AvgIpc) is 2.55. The van der Waals surface area contributed by atoms with Gasteiger partial charge in [-0.2, -0.15) is 4.21 Å². The molecule has 1 aliphatic heterocycles. The van der Waals surface area contributed by atoms with Crippen LogP contribution in [0.2, 0.25) is 0 Å². The van der Waals surface area contributed by atoms with Crippen molar-refractivity contribution >= 4 is 81.0 Å². The summed E-state index contributed by atoms with van der Waals surface area (Å²) in [6.45, 7) is -0.412. The lowest BCUT2D eigenvalue weighted by atomic mass is 10.00. The number of hydrogen-bond acceptors (Lipinski definition) is 5. The van der Waals surface area contributed by atoms with E-state index < -0.39 is 44.4 Å². The second kappa shape index (κ2) is 4.98. The van der Waals surface area contributed by atoms with E-state index in [2.05, 4.69) is 8.52 Å². The van der Waals surface area contributed by atoms with Crippen LogP contribution < -0.4 is 0 Å². The van der Waals surface area contributed by atoms with E-state index in [4.69, 9.17) is 79.2 Å². The molecule has 2 bridgehead atoms. The SMILES string of the molecule is O=S1OCOC2C(OO1)C1(Cl)C(Cl)=C(Cl)C2(Cl)C1(Cl)Cl. The lowest BCUT2D eigenvalue weighted by Crippen LogP contribution is -2.49. The Morgan fingerprint density at radius 2 is 1.60 bits per heavy atom. The van der Waals surface area contributed by atoms with Crippen LogP contribution in [0.15, 0.2) is 10.1 Å². The molecule has 20 heavy (non-hydrogen) atoms. The Labute approximate surface area is 146 Å². The number of hydrogen-bond donors (Lipinski definition) is 0. The van der Waals surface area contributed by atoms with Crippen LogP contribution in [0.3, 0.4) is 0 Å². The molecule has 5 nitrogen and oxygen atoms in total. The second-order valence-electron chi connectivity index (χ2n) is 4.24. The van der Waals surface area contributed by atoms with Crippen molar-refractivity contribution in [1.82, 2.24) is 0 Å². The van der Waals surface area contributed by atoms with Crippen molar-refractivity contribution in [3.63, 3.8) is 0 Å². The van der Waals surface area contributed by atoms with E-state index in [0.29, 0.717) is 0 Å². The maximum Gasteiger partial charge on any atom is 0.336 e. The molecule has 114 valence electrons. The molecular formula is C8H4Cl6O5S. The first-order valence-corrected chi connectivity index (χ1v) is 8.28. The summed E-state index contributed by atoms with van der Waals surface area (Å²) >= 11 is 35.4. The van der Waals surface area contributed by atoms with Crippen molar-refractivity contribution in [2.24, 2.45) is 0 Å². The molecule has 2 fully saturated rings. The van der Waals surface area contributed by atoms with E-state index in [1.807, 2.05) is 0 Å². The molecule has 0 N–H and O–H groups in total. The van der Waals surface area contributed by atoms with Gasteiger partial charge in [0.05, 0.1) is 10.1 Å². The van der Waals surface area contributed by atoms with Crippen LogP contribution in [0, 0.1) is 0 Å². The largest absolute Gasteiger partial charge is 0.346 e. The molecule has 1 heterocycles. The fourth-order valence-corrected chi connectivity index (χ4v) is 5.52. The molecule has 0 radical (unpaired) electrons. The lowest BCUT2D eigenvalue weighted by Gasteiger charge is -2.35. The molecule has 1 saturated heterocycles. The predicted molar refractivity (Wildman–Crippen MR) is 75.3 cm³/mol. The van der Waals surface area contributed by atoms with E-state index in [0.717, 1.165) is 0 Å². The fraction of sp³-hybridized carbons (Fsp3) is 0.750. The van der Waals surface area contributed by atoms with E-state index in [-0.39, 0.29) is 10.1 Å². The van der Waals surface area contributed by atoms with E-state index in [1.54, 1.807) is 0 Å². The van der Waals surface area contributed by atoms with Crippen LogP contribution >= 0.6 is 69.6 Å². The van der Waals surface area contributed by atoms with Crippen LogP contribution in [0.25, 0.3) is 0 Å². The van der Waals surface area contributed by atoms with Gasteiger partial charge in [0.25, 0.3) is 0 Å². The number of fused-ring (bicyclic) bond motifs is 5. The highest BCUT2D eigenvalue weighted by atomic mass is 35.5. The van der Waals surface area contributed by atoms with Gasteiger partial charge < -0.3 is 4.74 Å². The van der Waals surface area contributed by atoms with Crippen molar-refractivity contribution in [1.29, 1.82) is 0 Å². The fourth-order valence-electron chi connectivity index (χ4n) is 2.44. The Kier molecular flexibility index (Phi) is 4.07. The zero-order valence-corrected chi connectivity index (χ0v) is 14.4. The number of ether oxygens (including phenoxy) is 1. The zero-order chi connectivity index (χ0) is 14.9.